The molecule has 24 heavy (non-hydrogen) atoms. The summed E-state index contributed by atoms with van der Waals surface area (Å²) in [6.45, 7) is 0.901. The maximum absolute atomic E-state index is 13.5. The van der Waals surface area contributed by atoms with E-state index in [1.165, 1.54) is 5.69 Å². The van der Waals surface area contributed by atoms with E-state index in [-0.39, 0.29) is 23.9 Å². The molecular weight excluding hydrogens is 322 g/mol. The van der Waals surface area contributed by atoms with Crippen LogP contribution in [0.25, 0.3) is 0 Å². The Bertz CT molecular complexity index is 775. The monoisotopic (exact) mass is 341 g/mol. The largest absolute Gasteiger partial charge is 0.367 e. The molecule has 0 radical (unpaired) electrons. The molecule has 4 aliphatic rings. The van der Waals surface area contributed by atoms with E-state index in [9.17, 15) is 9.59 Å². The zero-order valence-corrected chi connectivity index (χ0v) is 14.1. The van der Waals surface area contributed by atoms with Gasteiger partial charge in [0.15, 0.2) is 10.5 Å². The lowest BCUT2D eigenvalue weighted by Crippen LogP contribution is -2.71. The Hall–Kier alpha value is -1.95. The number of benzene rings is 1. The van der Waals surface area contributed by atoms with E-state index in [4.69, 9.17) is 12.2 Å². The van der Waals surface area contributed by atoms with Gasteiger partial charge in [0.05, 0.1) is 6.04 Å². The van der Waals surface area contributed by atoms with Crippen LogP contribution < -0.4 is 10.2 Å². The highest BCUT2D eigenvalue weighted by atomic mass is 32.1. The highest BCUT2D eigenvalue weighted by molar-refractivity contribution is 7.80. The molecule has 0 aromatic heterocycles. The molecule has 2 amide bonds. The summed E-state index contributed by atoms with van der Waals surface area (Å²) in [4.78, 5) is 30.5. The van der Waals surface area contributed by atoms with Crippen LogP contribution in [0.1, 0.15) is 31.2 Å². The van der Waals surface area contributed by atoms with Crippen LogP contribution in [-0.4, -0.2) is 40.5 Å². The molecule has 1 N–H and O–H groups in total. The second-order valence-electron chi connectivity index (χ2n) is 7.29. The van der Waals surface area contributed by atoms with E-state index in [2.05, 4.69) is 16.3 Å². The number of carbonyl (C=O) groups is 2. The predicted octanol–water partition coefficient (Wildman–Crippen LogP) is 1.60. The topological polar surface area (TPSA) is 52.7 Å². The molecule has 3 aliphatic heterocycles. The van der Waals surface area contributed by atoms with Crippen molar-refractivity contribution in [2.45, 2.75) is 44.2 Å². The molecule has 0 unspecified atom stereocenters. The normalized spacial score (nSPS) is 32.0. The van der Waals surface area contributed by atoms with Crippen LogP contribution >= 0.6 is 12.2 Å². The van der Waals surface area contributed by atoms with E-state index in [1.807, 2.05) is 18.2 Å². The number of para-hydroxylation sites is 1. The summed E-state index contributed by atoms with van der Waals surface area (Å²) in [6.07, 6.45) is 4.31. The molecule has 3 fully saturated rings. The lowest BCUT2D eigenvalue weighted by molar-refractivity contribution is -0.152. The number of anilines is 1. The second kappa shape index (κ2) is 4.79. The minimum atomic E-state index is -1.03. The van der Waals surface area contributed by atoms with Crippen molar-refractivity contribution in [2.24, 2.45) is 5.41 Å². The van der Waals surface area contributed by atoms with E-state index in [0.717, 1.165) is 37.8 Å². The van der Waals surface area contributed by atoms with Crippen molar-refractivity contribution in [3.05, 3.63) is 29.8 Å². The maximum Gasteiger partial charge on any atom is 0.247 e. The molecule has 1 aliphatic carbocycles. The predicted molar refractivity (Wildman–Crippen MR) is 93.6 cm³/mol. The Morgan fingerprint density at radius 1 is 1.17 bits per heavy atom. The third-order valence-electron chi connectivity index (χ3n) is 5.95. The van der Waals surface area contributed by atoms with E-state index < -0.39 is 5.41 Å². The summed E-state index contributed by atoms with van der Waals surface area (Å²) in [5.74, 6) is -0.286. The molecule has 2 atom stereocenters. The van der Waals surface area contributed by atoms with Gasteiger partial charge < -0.3 is 10.2 Å². The van der Waals surface area contributed by atoms with Gasteiger partial charge in [0, 0.05) is 18.3 Å². The van der Waals surface area contributed by atoms with Crippen LogP contribution in [0.4, 0.5) is 5.69 Å². The SMILES string of the molecule is O=C1NC(=S)N(C2CC2)C(=O)[C@@]12Cc1ccccc1N1CCC[C@@H]12. The van der Waals surface area contributed by atoms with Crippen molar-refractivity contribution >= 4 is 34.8 Å². The molecule has 1 spiro atoms. The standard InChI is InChI=1S/C18H19N3O2S/c22-15-18(16(23)21(12-7-8-12)17(24)19-15)10-11-4-1-2-5-13(11)20-9-3-6-14(18)20/h1-2,4-5,12,14H,3,6-10H2,(H,19,22,24)/t14-,18-/m1/s1. The molecule has 124 valence electrons. The first kappa shape index (κ1) is 14.4. The number of hydrogen-bond acceptors (Lipinski definition) is 4. The summed E-state index contributed by atoms with van der Waals surface area (Å²) < 4.78 is 0. The first-order valence-electron chi connectivity index (χ1n) is 8.66. The molecule has 2 saturated heterocycles. The highest BCUT2D eigenvalue weighted by Gasteiger charge is 2.63. The molecule has 5 rings (SSSR count). The number of carbonyl (C=O) groups excluding carboxylic acids is 2. The molecule has 1 saturated carbocycles. The van der Waals surface area contributed by atoms with Gasteiger partial charge in [-0.3, -0.25) is 14.5 Å². The Kier molecular flexibility index (Phi) is 2.87. The fraction of sp³-hybridized carbons (Fsp3) is 0.500. The number of rotatable bonds is 1. The van der Waals surface area contributed by atoms with Crippen LogP contribution in [0.15, 0.2) is 24.3 Å². The summed E-state index contributed by atoms with van der Waals surface area (Å²) in [5, 5.41) is 3.15. The molecule has 6 heteroatoms. The number of amides is 2. The lowest BCUT2D eigenvalue weighted by Gasteiger charge is -2.50. The fourth-order valence-corrected chi connectivity index (χ4v) is 5.04. The quantitative estimate of drug-likeness (QED) is 0.623. The maximum atomic E-state index is 13.5. The zero-order chi connectivity index (χ0) is 16.5. The summed E-state index contributed by atoms with van der Waals surface area (Å²) in [7, 11) is 0. The molecule has 1 aromatic carbocycles. The first-order valence-corrected chi connectivity index (χ1v) is 9.07. The number of fused-ring (bicyclic) bond motifs is 4. The van der Waals surface area contributed by atoms with Gasteiger partial charge in [-0.25, -0.2) is 0 Å². The van der Waals surface area contributed by atoms with Crippen molar-refractivity contribution in [3.8, 4) is 0 Å². The van der Waals surface area contributed by atoms with Gasteiger partial charge in [-0.15, -0.1) is 0 Å². The Morgan fingerprint density at radius 3 is 2.75 bits per heavy atom. The van der Waals surface area contributed by atoms with Crippen molar-refractivity contribution in [1.82, 2.24) is 10.2 Å². The van der Waals surface area contributed by atoms with E-state index in [1.54, 1.807) is 4.90 Å². The van der Waals surface area contributed by atoms with Crippen LogP contribution in [0, 0.1) is 5.41 Å². The van der Waals surface area contributed by atoms with E-state index >= 15 is 0 Å². The summed E-state index contributed by atoms with van der Waals surface area (Å²) >= 11 is 5.31. The molecule has 0 bridgehead atoms. The van der Waals surface area contributed by atoms with Crippen LogP contribution in [0.3, 0.4) is 0 Å². The Labute approximate surface area is 146 Å². The lowest BCUT2D eigenvalue weighted by atomic mass is 9.68. The average Bonchev–Trinajstić information content (AvgIpc) is 3.27. The van der Waals surface area contributed by atoms with Gasteiger partial charge in [0.2, 0.25) is 11.8 Å². The zero-order valence-electron chi connectivity index (χ0n) is 13.3. The minimum absolute atomic E-state index is 0.0655. The fourth-order valence-electron chi connectivity index (χ4n) is 4.71. The van der Waals surface area contributed by atoms with Crippen molar-refractivity contribution in [3.63, 3.8) is 0 Å². The molecule has 5 nitrogen and oxygen atoms in total. The van der Waals surface area contributed by atoms with Gasteiger partial charge in [-0.05, 0) is 56.0 Å². The second-order valence-corrected chi connectivity index (χ2v) is 7.68. The molecule has 1 aromatic rings. The minimum Gasteiger partial charge on any atom is -0.367 e. The average molecular weight is 341 g/mol. The third-order valence-corrected chi connectivity index (χ3v) is 6.25. The smallest absolute Gasteiger partial charge is 0.247 e. The van der Waals surface area contributed by atoms with Crippen LogP contribution in [0.5, 0.6) is 0 Å². The summed E-state index contributed by atoms with van der Waals surface area (Å²) in [6, 6.07) is 8.27. The van der Waals surface area contributed by atoms with Gasteiger partial charge in [0.25, 0.3) is 0 Å². The van der Waals surface area contributed by atoms with Crippen LogP contribution in [0.2, 0.25) is 0 Å². The van der Waals surface area contributed by atoms with Crippen molar-refractivity contribution in [1.29, 1.82) is 0 Å². The third kappa shape index (κ3) is 1.72. The van der Waals surface area contributed by atoms with Crippen LogP contribution in [-0.2, 0) is 16.0 Å². The van der Waals surface area contributed by atoms with Gasteiger partial charge >= 0.3 is 0 Å². The number of nitrogens with zero attached hydrogens (tertiary/aromatic N) is 2. The Morgan fingerprint density at radius 2 is 1.96 bits per heavy atom. The number of hydrogen-bond donors (Lipinski definition) is 1. The van der Waals surface area contributed by atoms with Gasteiger partial charge in [0.1, 0.15) is 0 Å². The molecular formula is C18H19N3O2S. The summed E-state index contributed by atoms with van der Waals surface area (Å²) in [5.41, 5.74) is 1.23. The van der Waals surface area contributed by atoms with Crippen molar-refractivity contribution < 1.29 is 9.59 Å². The Balaban J connectivity index is 1.66. The molecule has 3 heterocycles. The van der Waals surface area contributed by atoms with Gasteiger partial charge in [-0.1, -0.05) is 18.2 Å². The van der Waals surface area contributed by atoms with E-state index in [0.29, 0.717) is 11.5 Å². The number of thiocarbonyl (C=S) groups is 1. The van der Waals surface area contributed by atoms with Gasteiger partial charge in [-0.2, -0.15) is 0 Å². The number of nitrogens with one attached hydrogen (secondary N) is 1. The van der Waals surface area contributed by atoms with Crippen molar-refractivity contribution in [2.75, 3.05) is 11.4 Å². The first-order chi connectivity index (χ1) is 11.6. The highest BCUT2D eigenvalue weighted by Crippen LogP contribution is 2.49.